The highest BCUT2D eigenvalue weighted by Gasteiger charge is 2.29. The van der Waals surface area contributed by atoms with Gasteiger partial charge in [-0.25, -0.2) is 0 Å². The molecular formula is C17H21N7. The molecule has 3 aromatic rings. The normalized spacial score (nSPS) is 18.7. The number of aromatic amines is 2. The molecular weight excluding hydrogens is 302 g/mol. The lowest BCUT2D eigenvalue weighted by Gasteiger charge is -2.15. The lowest BCUT2D eigenvalue weighted by Crippen LogP contribution is -2.18. The van der Waals surface area contributed by atoms with Gasteiger partial charge < -0.3 is 15.6 Å². The van der Waals surface area contributed by atoms with Crippen LogP contribution in [-0.4, -0.2) is 31.2 Å². The highest BCUT2D eigenvalue weighted by atomic mass is 15.2. The summed E-state index contributed by atoms with van der Waals surface area (Å²) in [7, 11) is 0. The molecule has 0 bridgehead atoms. The van der Waals surface area contributed by atoms with Gasteiger partial charge in [-0.2, -0.15) is 15.1 Å². The third-order valence-corrected chi connectivity index (χ3v) is 4.96. The number of nitrogens with zero attached hydrogens (tertiary/aromatic N) is 3. The molecule has 2 saturated carbocycles. The fourth-order valence-corrected chi connectivity index (χ4v) is 3.16. The molecule has 5 rings (SSSR count). The Morgan fingerprint density at radius 1 is 1.21 bits per heavy atom. The molecule has 3 aromatic heterocycles. The summed E-state index contributed by atoms with van der Waals surface area (Å²) in [6.07, 6.45) is 7.00. The van der Waals surface area contributed by atoms with Crippen LogP contribution < -0.4 is 10.6 Å². The van der Waals surface area contributed by atoms with Crippen molar-refractivity contribution in [3.05, 3.63) is 24.0 Å². The van der Waals surface area contributed by atoms with Crippen LogP contribution in [0, 0.1) is 5.92 Å². The number of nitrogens with one attached hydrogen (secondary N) is 4. The van der Waals surface area contributed by atoms with Crippen molar-refractivity contribution in [1.29, 1.82) is 0 Å². The molecule has 1 atom stereocenters. The van der Waals surface area contributed by atoms with Crippen LogP contribution in [0.5, 0.6) is 0 Å². The summed E-state index contributed by atoms with van der Waals surface area (Å²) in [6.45, 7) is 2.22. The molecule has 4 N–H and O–H groups in total. The van der Waals surface area contributed by atoms with E-state index in [4.69, 9.17) is 0 Å². The first kappa shape index (κ1) is 13.8. The molecule has 124 valence electrons. The SMILES string of the molecule is C[C@H](Nc1nc(Nc2cc(C3CC3)[nH]n2)nc2[nH]ccc12)C1CC1. The van der Waals surface area contributed by atoms with E-state index in [0.29, 0.717) is 17.9 Å². The molecule has 2 fully saturated rings. The van der Waals surface area contributed by atoms with Crippen molar-refractivity contribution in [1.82, 2.24) is 25.1 Å². The van der Waals surface area contributed by atoms with E-state index in [0.717, 1.165) is 28.6 Å². The summed E-state index contributed by atoms with van der Waals surface area (Å²) in [4.78, 5) is 12.4. The van der Waals surface area contributed by atoms with E-state index >= 15 is 0 Å². The van der Waals surface area contributed by atoms with Crippen LogP contribution in [0.4, 0.5) is 17.6 Å². The Kier molecular flexibility index (Phi) is 3.01. The molecule has 0 aromatic carbocycles. The van der Waals surface area contributed by atoms with E-state index in [-0.39, 0.29) is 0 Å². The first-order chi connectivity index (χ1) is 11.8. The van der Waals surface area contributed by atoms with E-state index in [1.807, 2.05) is 12.3 Å². The van der Waals surface area contributed by atoms with Gasteiger partial charge in [0.25, 0.3) is 0 Å². The first-order valence-electron chi connectivity index (χ1n) is 8.70. The van der Waals surface area contributed by atoms with Crippen molar-refractivity contribution >= 4 is 28.6 Å². The highest BCUT2D eigenvalue weighted by molar-refractivity contribution is 5.88. The maximum absolute atomic E-state index is 4.68. The zero-order chi connectivity index (χ0) is 16.1. The fraction of sp³-hybridized carbons (Fsp3) is 0.471. The van der Waals surface area contributed by atoms with E-state index in [9.17, 15) is 0 Å². The average Bonchev–Trinajstić information content (AvgIpc) is 3.49. The van der Waals surface area contributed by atoms with Crippen LogP contribution in [0.1, 0.15) is 44.2 Å². The number of hydrogen-bond acceptors (Lipinski definition) is 5. The Bertz CT molecular complexity index is 872. The molecule has 0 aliphatic heterocycles. The minimum atomic E-state index is 0.428. The number of rotatable bonds is 6. The van der Waals surface area contributed by atoms with E-state index in [1.165, 1.54) is 31.4 Å². The Morgan fingerprint density at radius 3 is 2.88 bits per heavy atom. The molecule has 7 heteroatoms. The highest BCUT2D eigenvalue weighted by Crippen LogP contribution is 2.39. The quantitative estimate of drug-likeness (QED) is 0.557. The Morgan fingerprint density at radius 2 is 2.08 bits per heavy atom. The summed E-state index contributed by atoms with van der Waals surface area (Å²) >= 11 is 0. The van der Waals surface area contributed by atoms with Gasteiger partial charge in [-0.15, -0.1) is 0 Å². The van der Waals surface area contributed by atoms with Gasteiger partial charge in [-0.3, -0.25) is 5.10 Å². The fourth-order valence-electron chi connectivity index (χ4n) is 3.16. The number of H-pyrrole nitrogens is 2. The second kappa shape index (κ2) is 5.22. The van der Waals surface area contributed by atoms with E-state index < -0.39 is 0 Å². The molecule has 0 unspecified atom stereocenters. The van der Waals surface area contributed by atoms with Gasteiger partial charge in [0.15, 0.2) is 5.82 Å². The molecule has 0 saturated heterocycles. The first-order valence-corrected chi connectivity index (χ1v) is 8.70. The van der Waals surface area contributed by atoms with Crippen LogP contribution in [0.3, 0.4) is 0 Å². The largest absolute Gasteiger partial charge is 0.367 e. The summed E-state index contributed by atoms with van der Waals surface area (Å²) in [5.41, 5.74) is 2.02. The van der Waals surface area contributed by atoms with E-state index in [2.05, 4.69) is 48.8 Å². The van der Waals surface area contributed by atoms with Gasteiger partial charge in [-0.1, -0.05) is 0 Å². The zero-order valence-electron chi connectivity index (χ0n) is 13.6. The van der Waals surface area contributed by atoms with Gasteiger partial charge >= 0.3 is 0 Å². The summed E-state index contributed by atoms with van der Waals surface area (Å²) in [6, 6.07) is 4.50. The predicted molar refractivity (Wildman–Crippen MR) is 93.5 cm³/mol. The Balaban J connectivity index is 1.43. The topological polar surface area (TPSA) is 94.3 Å². The molecule has 0 amide bonds. The van der Waals surface area contributed by atoms with Gasteiger partial charge in [0.05, 0.1) is 5.39 Å². The number of hydrogen-bond donors (Lipinski definition) is 4. The standard InChI is InChI=1S/C17H21N7/c1-9(10-2-3-10)19-16-12-6-7-18-15(12)21-17(22-16)20-14-8-13(23-24-14)11-4-5-11/h6-11H,2-5H2,1H3,(H4,18,19,20,21,22,23,24)/t9-/m0/s1. The van der Waals surface area contributed by atoms with Crippen molar-refractivity contribution < 1.29 is 0 Å². The molecule has 2 aliphatic rings. The van der Waals surface area contributed by atoms with Crippen molar-refractivity contribution in [2.24, 2.45) is 5.92 Å². The Labute approximate surface area is 139 Å². The van der Waals surface area contributed by atoms with Crippen LogP contribution >= 0.6 is 0 Å². The monoisotopic (exact) mass is 323 g/mol. The third kappa shape index (κ3) is 2.60. The van der Waals surface area contributed by atoms with Gasteiger partial charge in [0.1, 0.15) is 11.5 Å². The average molecular weight is 323 g/mol. The minimum Gasteiger partial charge on any atom is -0.367 e. The molecule has 2 aliphatic carbocycles. The number of fused-ring (bicyclic) bond motifs is 1. The van der Waals surface area contributed by atoms with Gasteiger partial charge in [0.2, 0.25) is 5.95 Å². The maximum Gasteiger partial charge on any atom is 0.232 e. The third-order valence-electron chi connectivity index (χ3n) is 4.96. The van der Waals surface area contributed by atoms with Crippen LogP contribution in [0.15, 0.2) is 18.3 Å². The van der Waals surface area contributed by atoms with Gasteiger partial charge in [-0.05, 0) is 44.6 Å². The second-order valence-corrected chi connectivity index (χ2v) is 7.01. The summed E-state index contributed by atoms with van der Waals surface area (Å²) in [5.74, 6) is 3.61. The zero-order valence-corrected chi connectivity index (χ0v) is 13.6. The molecule has 7 nitrogen and oxygen atoms in total. The summed E-state index contributed by atoms with van der Waals surface area (Å²) < 4.78 is 0. The molecule has 0 spiro atoms. The minimum absolute atomic E-state index is 0.428. The predicted octanol–water partition coefficient (Wildman–Crippen LogP) is 3.51. The Hall–Kier alpha value is -2.57. The van der Waals surface area contributed by atoms with Crippen molar-refractivity contribution in [3.8, 4) is 0 Å². The second-order valence-electron chi connectivity index (χ2n) is 7.01. The lowest BCUT2D eigenvalue weighted by molar-refractivity contribution is 0.691. The molecule has 3 heterocycles. The molecule has 24 heavy (non-hydrogen) atoms. The lowest BCUT2D eigenvalue weighted by atomic mass is 10.2. The molecule has 0 radical (unpaired) electrons. The van der Waals surface area contributed by atoms with Crippen molar-refractivity contribution in [2.45, 2.75) is 44.6 Å². The van der Waals surface area contributed by atoms with Crippen molar-refractivity contribution in [2.75, 3.05) is 10.6 Å². The summed E-state index contributed by atoms with van der Waals surface area (Å²) in [5, 5.41) is 15.2. The maximum atomic E-state index is 4.68. The van der Waals surface area contributed by atoms with Crippen LogP contribution in [0.25, 0.3) is 11.0 Å². The van der Waals surface area contributed by atoms with Crippen LogP contribution in [0.2, 0.25) is 0 Å². The van der Waals surface area contributed by atoms with Gasteiger partial charge in [0, 0.05) is 29.9 Å². The van der Waals surface area contributed by atoms with Crippen molar-refractivity contribution in [3.63, 3.8) is 0 Å². The number of aromatic nitrogens is 5. The van der Waals surface area contributed by atoms with Crippen LogP contribution in [-0.2, 0) is 0 Å². The smallest absolute Gasteiger partial charge is 0.232 e. The van der Waals surface area contributed by atoms with E-state index in [1.54, 1.807) is 0 Å². The number of anilines is 3.